The maximum atomic E-state index is 5.09. The van der Waals surface area contributed by atoms with E-state index in [1.54, 1.807) is 7.11 Å². The van der Waals surface area contributed by atoms with Crippen molar-refractivity contribution in [2.75, 3.05) is 20.8 Å². The molecule has 0 saturated heterocycles. The molecule has 0 rings (SSSR count). The average Bonchev–Trinajstić information content (AvgIpc) is 2.48. The lowest BCUT2D eigenvalue weighted by molar-refractivity contribution is 0.191. The third kappa shape index (κ3) is 10.3. The molecule has 0 aromatic carbocycles. The fourth-order valence-corrected chi connectivity index (χ4v) is 2.19. The highest BCUT2D eigenvalue weighted by Gasteiger charge is 2.16. The molecule has 2 heteroatoms. The van der Waals surface area contributed by atoms with Crippen molar-refractivity contribution in [1.82, 2.24) is 0 Å². The standard InChI is InChI=1S/C19H33NO/c1-6-12-18(14-9-11-16-21-5)13-8-10-15-19(3,7-2)17-20-4/h6,10,12-13,17-18H,7,9,11,14-16H2,1-5H3/b12-6-,20-17?/t8?,18?,19-/m1/s1. The fraction of sp³-hybridized carbons (Fsp3) is 0.684. The predicted molar refractivity (Wildman–Crippen MR) is 94.1 cm³/mol. The third-order valence-corrected chi connectivity index (χ3v) is 3.82. The van der Waals surface area contributed by atoms with Crippen molar-refractivity contribution in [3.63, 3.8) is 0 Å². The van der Waals surface area contributed by atoms with Crippen LogP contribution in [0, 0.1) is 11.3 Å². The van der Waals surface area contributed by atoms with Gasteiger partial charge < -0.3 is 9.73 Å². The van der Waals surface area contributed by atoms with E-state index in [0.29, 0.717) is 5.92 Å². The van der Waals surface area contributed by atoms with E-state index in [1.807, 2.05) is 7.05 Å². The van der Waals surface area contributed by atoms with E-state index in [1.165, 1.54) is 6.42 Å². The molecule has 120 valence electrons. The van der Waals surface area contributed by atoms with Crippen molar-refractivity contribution in [1.29, 1.82) is 0 Å². The Morgan fingerprint density at radius 1 is 1.33 bits per heavy atom. The van der Waals surface area contributed by atoms with Crippen LogP contribution in [0.15, 0.2) is 35.0 Å². The molecule has 0 aliphatic heterocycles. The Bertz CT molecular complexity index is 364. The second-order valence-electron chi connectivity index (χ2n) is 5.81. The molecule has 0 heterocycles. The van der Waals surface area contributed by atoms with Gasteiger partial charge in [0.15, 0.2) is 0 Å². The van der Waals surface area contributed by atoms with Gasteiger partial charge in [0, 0.05) is 38.3 Å². The zero-order valence-electron chi connectivity index (χ0n) is 14.6. The molecule has 0 aliphatic rings. The predicted octanol–water partition coefficient (Wildman–Crippen LogP) is 5.21. The minimum atomic E-state index is 0.157. The van der Waals surface area contributed by atoms with Gasteiger partial charge in [0.1, 0.15) is 0 Å². The van der Waals surface area contributed by atoms with Crippen LogP contribution in [-0.4, -0.2) is 27.0 Å². The summed E-state index contributed by atoms with van der Waals surface area (Å²) in [6.45, 7) is 7.38. The lowest BCUT2D eigenvalue weighted by atomic mass is 9.85. The largest absolute Gasteiger partial charge is 0.385 e. The Hall–Kier alpha value is -1.11. The fourth-order valence-electron chi connectivity index (χ4n) is 2.19. The Kier molecular flexibility index (Phi) is 12.0. The zero-order valence-corrected chi connectivity index (χ0v) is 14.6. The number of nitrogens with zero attached hydrogens (tertiary/aromatic N) is 1. The maximum absolute atomic E-state index is 5.09. The zero-order chi connectivity index (χ0) is 16.0. The number of methoxy groups -OCH3 is 1. The van der Waals surface area contributed by atoms with Gasteiger partial charge in [-0.3, -0.25) is 0 Å². The van der Waals surface area contributed by atoms with Gasteiger partial charge in [0.2, 0.25) is 0 Å². The molecule has 1 unspecified atom stereocenters. The summed E-state index contributed by atoms with van der Waals surface area (Å²) < 4.78 is 5.09. The van der Waals surface area contributed by atoms with Gasteiger partial charge in [-0.25, -0.2) is 0 Å². The quantitative estimate of drug-likeness (QED) is 0.221. The lowest BCUT2D eigenvalue weighted by Gasteiger charge is -2.20. The van der Waals surface area contributed by atoms with Gasteiger partial charge in [-0.1, -0.05) is 32.4 Å². The number of hydrogen-bond acceptors (Lipinski definition) is 2. The van der Waals surface area contributed by atoms with Crippen molar-refractivity contribution in [2.45, 2.75) is 52.9 Å². The van der Waals surface area contributed by atoms with Gasteiger partial charge in [0.05, 0.1) is 0 Å². The van der Waals surface area contributed by atoms with Crippen molar-refractivity contribution >= 4 is 6.21 Å². The summed E-state index contributed by atoms with van der Waals surface area (Å²) in [6.07, 6.45) is 16.3. The van der Waals surface area contributed by atoms with Crippen molar-refractivity contribution in [2.24, 2.45) is 16.3 Å². The minimum absolute atomic E-state index is 0.157. The van der Waals surface area contributed by atoms with Crippen LogP contribution in [-0.2, 0) is 4.74 Å². The molecule has 0 saturated carbocycles. The average molecular weight is 291 g/mol. The van der Waals surface area contributed by atoms with Gasteiger partial charge in [-0.05, 0) is 44.8 Å². The van der Waals surface area contributed by atoms with Crippen molar-refractivity contribution in [3.8, 4) is 0 Å². The molecule has 0 N–H and O–H groups in total. The highest BCUT2D eigenvalue weighted by molar-refractivity contribution is 5.65. The van der Waals surface area contributed by atoms with E-state index < -0.39 is 0 Å². The number of aliphatic imine (C=N–C) groups is 1. The van der Waals surface area contributed by atoms with Crippen molar-refractivity contribution < 1.29 is 4.74 Å². The van der Waals surface area contributed by atoms with E-state index in [4.69, 9.17) is 4.74 Å². The second-order valence-corrected chi connectivity index (χ2v) is 5.81. The van der Waals surface area contributed by atoms with Crippen molar-refractivity contribution in [3.05, 3.63) is 30.0 Å². The molecular weight excluding hydrogens is 258 g/mol. The maximum Gasteiger partial charge on any atom is 0.0462 e. The van der Waals surface area contributed by atoms with Gasteiger partial charge in [-0.2, -0.15) is 0 Å². The van der Waals surface area contributed by atoms with Crippen LogP contribution in [0.5, 0.6) is 0 Å². The molecule has 0 aliphatic carbocycles. The topological polar surface area (TPSA) is 21.6 Å². The second kappa shape index (κ2) is 12.6. The van der Waals surface area contributed by atoms with Crippen LogP contribution in [0.4, 0.5) is 0 Å². The summed E-state index contributed by atoms with van der Waals surface area (Å²) in [5, 5.41) is 0. The van der Waals surface area contributed by atoms with Crippen LogP contribution in [0.2, 0.25) is 0 Å². The number of unbranched alkanes of at least 4 members (excludes halogenated alkanes) is 1. The summed E-state index contributed by atoms with van der Waals surface area (Å²) in [4.78, 5) is 4.17. The van der Waals surface area contributed by atoms with E-state index in [0.717, 1.165) is 32.3 Å². The number of ether oxygens (including phenoxy) is 1. The van der Waals surface area contributed by atoms with E-state index in [2.05, 4.69) is 62.0 Å². The minimum Gasteiger partial charge on any atom is -0.385 e. The van der Waals surface area contributed by atoms with Crippen LogP contribution in [0.3, 0.4) is 0 Å². The Morgan fingerprint density at radius 3 is 2.67 bits per heavy atom. The SMILES string of the molecule is C/C=C\C(C=C=CC[C@](C)(C=NC)CC)CCCCOC. The molecule has 0 fully saturated rings. The highest BCUT2D eigenvalue weighted by atomic mass is 16.5. The first-order chi connectivity index (χ1) is 10.1. The summed E-state index contributed by atoms with van der Waals surface area (Å²) >= 11 is 0. The number of hydrogen-bond donors (Lipinski definition) is 0. The molecular formula is C19H33NO. The summed E-state index contributed by atoms with van der Waals surface area (Å²) in [5.41, 5.74) is 3.52. The molecule has 0 amide bonds. The molecule has 0 spiro atoms. The molecule has 21 heavy (non-hydrogen) atoms. The molecule has 0 aromatic rings. The Balaban J connectivity index is 4.44. The number of rotatable bonds is 11. The summed E-state index contributed by atoms with van der Waals surface area (Å²) in [7, 11) is 3.60. The third-order valence-electron chi connectivity index (χ3n) is 3.82. The van der Waals surface area contributed by atoms with E-state index in [9.17, 15) is 0 Å². The molecule has 2 atom stereocenters. The first kappa shape index (κ1) is 19.9. The van der Waals surface area contributed by atoms with Crippen LogP contribution < -0.4 is 0 Å². The van der Waals surface area contributed by atoms with Gasteiger partial charge in [0.25, 0.3) is 0 Å². The Labute approximate surface area is 131 Å². The lowest BCUT2D eigenvalue weighted by Crippen LogP contribution is -2.15. The van der Waals surface area contributed by atoms with Gasteiger partial charge >= 0.3 is 0 Å². The van der Waals surface area contributed by atoms with Crippen LogP contribution >= 0.6 is 0 Å². The Morgan fingerprint density at radius 2 is 2.10 bits per heavy atom. The van der Waals surface area contributed by atoms with Gasteiger partial charge in [-0.15, -0.1) is 5.73 Å². The molecule has 0 radical (unpaired) electrons. The monoisotopic (exact) mass is 291 g/mol. The van der Waals surface area contributed by atoms with Crippen LogP contribution in [0.25, 0.3) is 0 Å². The first-order valence-corrected chi connectivity index (χ1v) is 8.08. The number of allylic oxidation sites excluding steroid dienone is 3. The van der Waals surface area contributed by atoms with Crippen LogP contribution in [0.1, 0.15) is 52.9 Å². The van der Waals surface area contributed by atoms with E-state index in [-0.39, 0.29) is 5.41 Å². The molecule has 0 bridgehead atoms. The first-order valence-electron chi connectivity index (χ1n) is 8.08. The highest BCUT2D eigenvalue weighted by Crippen LogP contribution is 2.23. The normalized spacial score (nSPS) is 15.9. The summed E-state index contributed by atoms with van der Waals surface area (Å²) in [6, 6.07) is 0. The summed E-state index contributed by atoms with van der Waals surface area (Å²) in [5.74, 6) is 0.482. The molecule has 0 aromatic heterocycles. The van der Waals surface area contributed by atoms with E-state index >= 15 is 0 Å². The molecule has 2 nitrogen and oxygen atoms in total. The smallest absolute Gasteiger partial charge is 0.0462 e.